The van der Waals surface area contributed by atoms with Crippen molar-refractivity contribution in [2.75, 3.05) is 0 Å². The molecule has 0 fully saturated rings. The summed E-state index contributed by atoms with van der Waals surface area (Å²) in [5, 5.41) is 0. The van der Waals surface area contributed by atoms with E-state index in [-0.39, 0.29) is 50.1 Å². The van der Waals surface area contributed by atoms with Crippen LogP contribution < -0.4 is 50.1 Å². The Bertz CT molecular complexity index is 732. The van der Waals surface area contributed by atoms with Gasteiger partial charge in [0.25, 0.3) is 0 Å². The number of hydrogen-bond donors (Lipinski definition) is 0. The second-order valence-electron chi connectivity index (χ2n) is 6.71. The molecule has 0 nitrogen and oxygen atoms in total. The van der Waals surface area contributed by atoms with E-state index in [4.69, 9.17) is 0 Å². The van der Waals surface area contributed by atoms with E-state index in [0.717, 1.165) is 6.42 Å². The predicted molar refractivity (Wildman–Crippen MR) is 108 cm³/mol. The monoisotopic (exact) mass is 376 g/mol. The van der Waals surface area contributed by atoms with Gasteiger partial charge in [0.05, 0.1) is 0 Å². The zero-order chi connectivity index (χ0) is 17.3. The Hall–Kier alpha value is -0.985. The predicted octanol–water partition coefficient (Wildman–Crippen LogP) is -1.99. The molecule has 0 amide bonds. The number of rotatable bonds is 8. The molecule has 3 aromatic carbocycles. The number of benzene rings is 3. The van der Waals surface area contributed by atoms with E-state index in [1.54, 1.807) is 0 Å². The second-order valence-corrected chi connectivity index (χ2v) is 6.71. The molecule has 3 rings (SSSR count). The molecule has 3 aromatic rings. The molecule has 0 radical (unpaired) electrons. The van der Waals surface area contributed by atoms with Gasteiger partial charge in [-0.05, 0) is 35.8 Å². The maximum Gasteiger partial charge on any atom is 1.00 e. The van der Waals surface area contributed by atoms with Crippen molar-refractivity contribution in [2.45, 2.75) is 38.0 Å². The molecular weight excluding hydrogens is 350 g/mol. The van der Waals surface area contributed by atoms with Gasteiger partial charge >= 0.3 is 37.7 Å². The van der Waals surface area contributed by atoms with Crippen molar-refractivity contribution in [1.29, 1.82) is 0 Å². The smallest absolute Gasteiger partial charge is 1.00 e. The fraction of sp³-hybridized carbons (Fsp3) is 0.240. The van der Waals surface area contributed by atoms with Crippen LogP contribution in [-0.2, 0) is 0 Å². The van der Waals surface area contributed by atoms with Crippen LogP contribution in [0.25, 0.3) is 0 Å². The van der Waals surface area contributed by atoms with E-state index >= 15 is 0 Å². The van der Waals surface area contributed by atoms with E-state index in [0.29, 0.717) is 11.8 Å². The molecular formula is C25H27ClLi2. The van der Waals surface area contributed by atoms with Crippen molar-refractivity contribution in [3.8, 4) is 0 Å². The SMILES string of the molecule is CCC(CC(C[CH-]c1ccccc1)c1ccccc1)c1ccccc1.[Cl-].[Li+].[Li+]. The Kier molecular flexibility index (Phi) is 14.4. The van der Waals surface area contributed by atoms with Crippen LogP contribution in [0.3, 0.4) is 0 Å². The summed E-state index contributed by atoms with van der Waals surface area (Å²) in [4.78, 5) is 0. The molecule has 28 heavy (non-hydrogen) atoms. The molecule has 0 saturated heterocycles. The Morgan fingerprint density at radius 3 is 1.54 bits per heavy atom. The van der Waals surface area contributed by atoms with Crippen LogP contribution in [0.4, 0.5) is 0 Å². The maximum absolute atomic E-state index is 2.38. The first kappa shape index (κ1) is 27.0. The van der Waals surface area contributed by atoms with Crippen LogP contribution in [0.1, 0.15) is 54.7 Å². The molecule has 0 aromatic heterocycles. The van der Waals surface area contributed by atoms with E-state index < -0.39 is 0 Å². The Morgan fingerprint density at radius 2 is 1.07 bits per heavy atom. The fourth-order valence-electron chi connectivity index (χ4n) is 3.57. The number of halogens is 1. The molecule has 0 N–H and O–H groups in total. The van der Waals surface area contributed by atoms with Gasteiger partial charge in [-0.3, -0.25) is 0 Å². The van der Waals surface area contributed by atoms with E-state index in [1.165, 1.54) is 29.5 Å². The fourth-order valence-corrected chi connectivity index (χ4v) is 3.57. The van der Waals surface area contributed by atoms with Gasteiger partial charge in [0, 0.05) is 0 Å². The van der Waals surface area contributed by atoms with Crippen molar-refractivity contribution < 1.29 is 50.1 Å². The molecule has 0 spiro atoms. The molecule has 0 saturated carbocycles. The summed E-state index contributed by atoms with van der Waals surface area (Å²) in [6, 6.07) is 32.6. The molecule has 2 atom stereocenters. The van der Waals surface area contributed by atoms with Crippen molar-refractivity contribution in [3.63, 3.8) is 0 Å². The standard InChI is InChI=1S/C25H27.ClH.2Li/c1-2-22(23-14-8-4-9-15-23)20-25(24-16-10-5-11-17-24)19-18-21-12-6-3-7-13-21;;;/h3-18,22,25H,2,19-20H2,1H3;1H;;/q-1;;2*+1/p-1. The molecule has 136 valence electrons. The van der Waals surface area contributed by atoms with Gasteiger partial charge in [0.15, 0.2) is 0 Å². The summed E-state index contributed by atoms with van der Waals surface area (Å²) < 4.78 is 0. The third kappa shape index (κ3) is 8.17. The number of hydrogen-bond acceptors (Lipinski definition) is 0. The first-order chi connectivity index (χ1) is 12.4. The summed E-state index contributed by atoms with van der Waals surface area (Å²) in [7, 11) is 0. The van der Waals surface area contributed by atoms with E-state index in [9.17, 15) is 0 Å². The molecule has 0 aliphatic carbocycles. The first-order valence-corrected chi connectivity index (χ1v) is 9.35. The van der Waals surface area contributed by atoms with Crippen LogP contribution in [0.2, 0.25) is 0 Å². The third-order valence-corrected chi connectivity index (χ3v) is 5.04. The van der Waals surface area contributed by atoms with Gasteiger partial charge in [0.1, 0.15) is 0 Å². The normalized spacial score (nSPS) is 11.8. The molecule has 0 bridgehead atoms. The molecule has 3 heteroatoms. The van der Waals surface area contributed by atoms with Crippen molar-refractivity contribution >= 4 is 0 Å². The second kappa shape index (κ2) is 14.9. The van der Waals surface area contributed by atoms with Crippen LogP contribution in [-0.4, -0.2) is 0 Å². The van der Waals surface area contributed by atoms with Crippen molar-refractivity contribution in [3.05, 3.63) is 114 Å². The van der Waals surface area contributed by atoms with Crippen molar-refractivity contribution in [2.24, 2.45) is 0 Å². The molecule has 2 unspecified atom stereocenters. The van der Waals surface area contributed by atoms with Crippen LogP contribution in [0.5, 0.6) is 0 Å². The summed E-state index contributed by atoms with van der Waals surface area (Å²) in [5.74, 6) is 1.15. The average Bonchev–Trinajstić information content (AvgIpc) is 2.70. The topological polar surface area (TPSA) is 0 Å². The van der Waals surface area contributed by atoms with Crippen LogP contribution in [0, 0.1) is 6.42 Å². The van der Waals surface area contributed by atoms with Crippen molar-refractivity contribution in [1.82, 2.24) is 0 Å². The summed E-state index contributed by atoms with van der Waals surface area (Å²) in [5.41, 5.74) is 4.23. The Morgan fingerprint density at radius 1 is 0.643 bits per heavy atom. The van der Waals surface area contributed by atoms with Gasteiger partial charge < -0.3 is 12.4 Å². The van der Waals surface area contributed by atoms with E-state index in [1.807, 2.05) is 0 Å². The van der Waals surface area contributed by atoms with Gasteiger partial charge in [-0.1, -0.05) is 80.1 Å². The van der Waals surface area contributed by atoms with Gasteiger partial charge in [-0.2, -0.15) is 24.1 Å². The summed E-state index contributed by atoms with van der Waals surface area (Å²) in [6.45, 7) is 2.31. The molecule has 0 aliphatic rings. The van der Waals surface area contributed by atoms with Gasteiger partial charge in [0.2, 0.25) is 0 Å². The average molecular weight is 377 g/mol. The maximum atomic E-state index is 2.38. The van der Waals surface area contributed by atoms with E-state index in [2.05, 4.69) is 104 Å². The largest absolute Gasteiger partial charge is 1.00 e. The first-order valence-electron chi connectivity index (χ1n) is 9.35. The van der Waals surface area contributed by atoms with Crippen LogP contribution in [0.15, 0.2) is 91.0 Å². The Labute approximate surface area is 201 Å². The molecule has 0 heterocycles. The molecule has 0 aliphatic heterocycles. The van der Waals surface area contributed by atoms with Gasteiger partial charge in [-0.25, -0.2) is 0 Å². The third-order valence-electron chi connectivity index (χ3n) is 5.04. The summed E-state index contributed by atoms with van der Waals surface area (Å²) >= 11 is 0. The minimum atomic E-state index is 0. The quantitative estimate of drug-likeness (QED) is 0.315. The summed E-state index contributed by atoms with van der Waals surface area (Å²) in [6.07, 6.45) is 5.83. The van der Waals surface area contributed by atoms with Gasteiger partial charge in [-0.15, -0.1) is 12.1 Å². The minimum absolute atomic E-state index is 0. The zero-order valence-corrected chi connectivity index (χ0v) is 18.1. The zero-order valence-electron chi connectivity index (χ0n) is 17.4. The van der Waals surface area contributed by atoms with Crippen LogP contribution >= 0.6 is 0 Å². The minimum Gasteiger partial charge on any atom is -1.00 e. The Balaban J connectivity index is 0.00000243.